The third-order valence-corrected chi connectivity index (χ3v) is 5.58. The van der Waals surface area contributed by atoms with Crippen molar-refractivity contribution in [3.05, 3.63) is 82.4 Å². The van der Waals surface area contributed by atoms with E-state index in [1.165, 1.54) is 0 Å². The van der Waals surface area contributed by atoms with Gasteiger partial charge in [0.25, 0.3) is 0 Å². The van der Waals surface area contributed by atoms with Crippen LogP contribution in [0.5, 0.6) is 5.75 Å². The Morgan fingerprint density at radius 3 is 2.61 bits per heavy atom. The molecule has 6 nitrogen and oxygen atoms in total. The molecule has 0 bridgehead atoms. The Balaban J connectivity index is 1.95. The van der Waals surface area contributed by atoms with Crippen molar-refractivity contribution in [3.63, 3.8) is 0 Å². The van der Waals surface area contributed by atoms with Gasteiger partial charge in [0.15, 0.2) is 0 Å². The Morgan fingerprint density at radius 1 is 1.10 bits per heavy atom. The largest absolute Gasteiger partial charge is 0.496 e. The zero-order valence-corrected chi connectivity index (χ0v) is 17.8. The van der Waals surface area contributed by atoms with Crippen LogP contribution >= 0.6 is 11.6 Å². The smallest absolute Gasteiger partial charge is 0.248 e. The van der Waals surface area contributed by atoms with Crippen LogP contribution in [0.1, 0.15) is 21.5 Å². The number of ether oxygens (including phenoxy) is 1. The summed E-state index contributed by atoms with van der Waals surface area (Å²) < 4.78 is 5.51. The van der Waals surface area contributed by atoms with Crippen molar-refractivity contribution in [2.24, 2.45) is 10.7 Å². The van der Waals surface area contributed by atoms with E-state index < -0.39 is 5.91 Å². The fraction of sp³-hybridized carbons (Fsp3) is 0.125. The number of carbonyl (C=O) groups is 2. The fourth-order valence-corrected chi connectivity index (χ4v) is 3.94. The Hall–Kier alpha value is -3.64. The first-order valence-electron chi connectivity index (χ1n) is 9.59. The number of aliphatic imine (C=N–C) groups is 1. The van der Waals surface area contributed by atoms with Gasteiger partial charge in [-0.3, -0.25) is 14.6 Å². The molecule has 3 aromatic carbocycles. The van der Waals surface area contributed by atoms with Crippen LogP contribution in [0.25, 0.3) is 11.1 Å². The van der Waals surface area contributed by atoms with Crippen molar-refractivity contribution < 1.29 is 14.3 Å². The molecule has 2 amide bonds. The van der Waals surface area contributed by atoms with Gasteiger partial charge in [-0.25, -0.2) is 0 Å². The second kappa shape index (κ2) is 8.24. The SMILES string of the molecule is COc1cccc(Cl)c1-c1ccc2c(c1)C(c1cccc(C(N)=O)c1)=NCC(=O)N2C. The maximum absolute atomic E-state index is 12.5. The van der Waals surface area contributed by atoms with Gasteiger partial charge in [0.2, 0.25) is 11.8 Å². The van der Waals surface area contributed by atoms with E-state index in [0.717, 1.165) is 16.7 Å². The average Bonchev–Trinajstić information content (AvgIpc) is 2.90. The lowest BCUT2D eigenvalue weighted by atomic mass is 9.94. The maximum atomic E-state index is 12.5. The fourth-order valence-electron chi connectivity index (χ4n) is 3.67. The predicted octanol–water partition coefficient (Wildman–Crippen LogP) is 3.93. The highest BCUT2D eigenvalue weighted by Gasteiger charge is 2.24. The number of benzodiazepines with no additional fused rings is 1. The highest BCUT2D eigenvalue weighted by atomic mass is 35.5. The van der Waals surface area contributed by atoms with Gasteiger partial charge in [0.05, 0.1) is 23.5 Å². The predicted molar refractivity (Wildman–Crippen MR) is 122 cm³/mol. The van der Waals surface area contributed by atoms with Crippen LogP contribution in [0.4, 0.5) is 5.69 Å². The van der Waals surface area contributed by atoms with E-state index in [4.69, 9.17) is 22.1 Å². The van der Waals surface area contributed by atoms with Gasteiger partial charge in [-0.1, -0.05) is 35.9 Å². The lowest BCUT2D eigenvalue weighted by molar-refractivity contribution is -0.116. The molecule has 0 saturated carbocycles. The number of rotatable bonds is 4. The van der Waals surface area contributed by atoms with Crippen LogP contribution in [-0.4, -0.2) is 38.2 Å². The molecule has 1 heterocycles. The standard InChI is InChI=1S/C24H20ClN3O3/c1-28-19-10-9-14(22-18(25)7-4-8-20(22)31-2)12-17(19)23(27-13-21(28)29)15-5-3-6-16(11-15)24(26)30/h3-12H,13H2,1-2H3,(H2,26,30). The van der Waals surface area contributed by atoms with Gasteiger partial charge in [-0.05, 0) is 42.0 Å². The van der Waals surface area contributed by atoms with E-state index in [9.17, 15) is 9.59 Å². The molecule has 0 atom stereocenters. The summed E-state index contributed by atoms with van der Waals surface area (Å²) in [6, 6.07) is 18.1. The summed E-state index contributed by atoms with van der Waals surface area (Å²) in [7, 11) is 3.31. The molecule has 2 N–H and O–H groups in total. The maximum Gasteiger partial charge on any atom is 0.248 e. The molecule has 0 fully saturated rings. The van der Waals surface area contributed by atoms with Crippen LogP contribution in [0.2, 0.25) is 5.02 Å². The van der Waals surface area contributed by atoms with Gasteiger partial charge in [-0.2, -0.15) is 0 Å². The number of halogens is 1. The van der Waals surface area contributed by atoms with Crippen LogP contribution in [-0.2, 0) is 4.79 Å². The normalized spacial score (nSPS) is 13.3. The zero-order chi connectivity index (χ0) is 22.1. The Morgan fingerprint density at radius 2 is 1.87 bits per heavy atom. The number of nitrogens with two attached hydrogens (primary N) is 1. The van der Waals surface area contributed by atoms with Gasteiger partial charge in [0, 0.05) is 29.3 Å². The molecule has 0 saturated heterocycles. The first-order valence-corrected chi connectivity index (χ1v) is 9.97. The van der Waals surface area contributed by atoms with E-state index >= 15 is 0 Å². The van der Waals surface area contributed by atoms with Crippen molar-refractivity contribution in [3.8, 4) is 16.9 Å². The first-order chi connectivity index (χ1) is 14.9. The lowest BCUT2D eigenvalue weighted by Gasteiger charge is -2.20. The minimum absolute atomic E-state index is 0.00788. The number of benzene rings is 3. The van der Waals surface area contributed by atoms with E-state index in [-0.39, 0.29) is 12.5 Å². The molecule has 0 radical (unpaired) electrons. The number of primary amides is 1. The number of carbonyl (C=O) groups excluding carboxylic acids is 2. The summed E-state index contributed by atoms with van der Waals surface area (Å²) in [5.41, 5.74) is 10.2. The van der Waals surface area contributed by atoms with Gasteiger partial charge >= 0.3 is 0 Å². The monoisotopic (exact) mass is 433 g/mol. The molecule has 0 unspecified atom stereocenters. The number of anilines is 1. The minimum atomic E-state index is -0.529. The van der Waals surface area contributed by atoms with Crippen molar-refractivity contribution >= 4 is 34.8 Å². The number of amides is 2. The average molecular weight is 434 g/mol. The summed E-state index contributed by atoms with van der Waals surface area (Å²) in [5.74, 6) is -0.0239. The van der Waals surface area contributed by atoms with E-state index in [1.807, 2.05) is 36.4 Å². The van der Waals surface area contributed by atoms with E-state index in [0.29, 0.717) is 33.3 Å². The van der Waals surface area contributed by atoms with Gasteiger partial charge in [-0.15, -0.1) is 0 Å². The number of hydrogen-bond acceptors (Lipinski definition) is 4. The van der Waals surface area contributed by atoms with Crippen LogP contribution in [0, 0.1) is 0 Å². The van der Waals surface area contributed by atoms with Crippen molar-refractivity contribution in [2.45, 2.75) is 0 Å². The number of hydrogen-bond donors (Lipinski definition) is 1. The van der Waals surface area contributed by atoms with Crippen LogP contribution < -0.4 is 15.4 Å². The summed E-state index contributed by atoms with van der Waals surface area (Å²) >= 11 is 6.49. The molecule has 0 spiro atoms. The molecule has 0 aliphatic carbocycles. The molecular weight excluding hydrogens is 414 g/mol. The third kappa shape index (κ3) is 3.78. The molecule has 3 aromatic rings. The second-order valence-electron chi connectivity index (χ2n) is 7.11. The molecule has 0 aromatic heterocycles. The number of nitrogens with zero attached hydrogens (tertiary/aromatic N) is 2. The van der Waals surface area contributed by atoms with Crippen LogP contribution in [0.3, 0.4) is 0 Å². The Bertz CT molecular complexity index is 1240. The number of fused-ring (bicyclic) bond motifs is 1. The van der Waals surface area contributed by atoms with Crippen molar-refractivity contribution in [2.75, 3.05) is 25.6 Å². The lowest BCUT2D eigenvalue weighted by Crippen LogP contribution is -2.27. The highest BCUT2D eigenvalue weighted by molar-refractivity contribution is 6.33. The zero-order valence-electron chi connectivity index (χ0n) is 17.1. The quantitative estimate of drug-likeness (QED) is 0.676. The molecule has 7 heteroatoms. The Labute approximate surface area is 184 Å². The highest BCUT2D eigenvalue weighted by Crippen LogP contribution is 2.39. The summed E-state index contributed by atoms with van der Waals surface area (Å²) in [6.45, 7) is -0.00788. The first kappa shape index (κ1) is 20.6. The van der Waals surface area contributed by atoms with Gasteiger partial charge in [0.1, 0.15) is 12.3 Å². The topological polar surface area (TPSA) is 85.0 Å². The summed E-state index contributed by atoms with van der Waals surface area (Å²) in [5, 5.41) is 0.548. The van der Waals surface area contributed by atoms with Crippen molar-refractivity contribution in [1.29, 1.82) is 0 Å². The summed E-state index contributed by atoms with van der Waals surface area (Å²) in [4.78, 5) is 30.4. The Kier molecular flexibility index (Phi) is 5.48. The number of methoxy groups -OCH3 is 1. The molecule has 4 rings (SSSR count). The molecule has 1 aliphatic rings. The third-order valence-electron chi connectivity index (χ3n) is 5.26. The molecule has 156 valence electrons. The summed E-state index contributed by atoms with van der Waals surface area (Å²) in [6.07, 6.45) is 0. The molecule has 1 aliphatic heterocycles. The van der Waals surface area contributed by atoms with E-state index in [2.05, 4.69) is 4.99 Å². The van der Waals surface area contributed by atoms with Crippen LogP contribution in [0.15, 0.2) is 65.7 Å². The van der Waals surface area contributed by atoms with Crippen molar-refractivity contribution in [1.82, 2.24) is 0 Å². The molecular formula is C24H20ClN3O3. The minimum Gasteiger partial charge on any atom is -0.496 e. The molecule has 31 heavy (non-hydrogen) atoms. The second-order valence-corrected chi connectivity index (χ2v) is 7.52. The number of likely N-dealkylation sites (N-methyl/N-ethyl adjacent to an activating group) is 1. The van der Waals surface area contributed by atoms with Gasteiger partial charge < -0.3 is 15.4 Å². The van der Waals surface area contributed by atoms with E-state index in [1.54, 1.807) is 43.3 Å².